The van der Waals surface area contributed by atoms with E-state index in [4.69, 9.17) is 9.47 Å². The summed E-state index contributed by atoms with van der Waals surface area (Å²) in [7, 11) is 1.65. The Morgan fingerprint density at radius 1 is 1.11 bits per heavy atom. The van der Waals surface area contributed by atoms with E-state index in [0.717, 1.165) is 28.8 Å². The van der Waals surface area contributed by atoms with Gasteiger partial charge in [0.15, 0.2) is 11.5 Å². The average Bonchev–Trinajstić information content (AvgIpc) is 3.11. The Hall–Kier alpha value is -3.02. The van der Waals surface area contributed by atoms with Crippen molar-refractivity contribution in [3.8, 4) is 11.5 Å². The molecule has 0 saturated carbocycles. The number of hydrogen-bond acceptors (Lipinski definition) is 5. The summed E-state index contributed by atoms with van der Waals surface area (Å²) in [5, 5.41) is 4.24. The largest absolute Gasteiger partial charge is 0.493 e. The third kappa shape index (κ3) is 5.23. The van der Waals surface area contributed by atoms with Crippen LogP contribution in [-0.2, 0) is 0 Å². The molecule has 0 aliphatic rings. The van der Waals surface area contributed by atoms with Gasteiger partial charge in [-0.2, -0.15) is 5.10 Å². The van der Waals surface area contributed by atoms with Gasteiger partial charge in [-0.05, 0) is 42.3 Å². The molecule has 0 unspecified atom stereocenters. The Morgan fingerprint density at radius 2 is 2.00 bits per heavy atom. The normalized spacial score (nSPS) is 11.2. The Kier molecular flexibility index (Phi) is 6.68. The number of ether oxygens (including phenoxy) is 2. The van der Waals surface area contributed by atoms with Gasteiger partial charge in [0.05, 0.1) is 31.0 Å². The van der Waals surface area contributed by atoms with E-state index in [9.17, 15) is 0 Å². The first-order valence-electron chi connectivity index (χ1n) is 9.35. The van der Waals surface area contributed by atoms with E-state index >= 15 is 0 Å². The molecule has 0 radical (unpaired) electrons. The molecule has 0 fully saturated rings. The first-order chi connectivity index (χ1) is 13.3. The highest BCUT2D eigenvalue weighted by atomic mass is 16.5. The van der Waals surface area contributed by atoms with Crippen LogP contribution in [0.15, 0.2) is 47.6 Å². The lowest BCUT2D eigenvalue weighted by molar-refractivity contribution is 0.285. The van der Waals surface area contributed by atoms with Crippen LogP contribution < -0.4 is 14.9 Å². The maximum absolute atomic E-state index is 5.84. The van der Waals surface area contributed by atoms with Crippen molar-refractivity contribution in [1.29, 1.82) is 0 Å². The summed E-state index contributed by atoms with van der Waals surface area (Å²) < 4.78 is 11.3. The summed E-state index contributed by atoms with van der Waals surface area (Å²) in [6.45, 7) is 2.91. The van der Waals surface area contributed by atoms with E-state index in [1.54, 1.807) is 13.3 Å². The smallest absolute Gasteiger partial charge is 0.222 e. The number of hydrogen-bond donors (Lipinski definition) is 2. The fourth-order valence-electron chi connectivity index (χ4n) is 2.77. The number of hydrazone groups is 1. The molecule has 1 heterocycles. The van der Waals surface area contributed by atoms with Crippen LogP contribution in [0.3, 0.4) is 0 Å². The molecule has 0 amide bonds. The van der Waals surface area contributed by atoms with Gasteiger partial charge in [-0.3, -0.25) is 0 Å². The lowest BCUT2D eigenvalue weighted by atomic mass is 10.2. The molecule has 0 spiro atoms. The minimum atomic E-state index is 0.603. The molecule has 1 aromatic heterocycles. The van der Waals surface area contributed by atoms with Gasteiger partial charge in [0.25, 0.3) is 0 Å². The summed E-state index contributed by atoms with van der Waals surface area (Å²) in [5.74, 6) is 2.07. The summed E-state index contributed by atoms with van der Waals surface area (Å²) in [5.41, 5.74) is 5.70. The molecule has 2 N–H and O–H groups in total. The molecule has 27 heavy (non-hydrogen) atoms. The fraction of sp³-hybridized carbons (Fsp3) is 0.333. The zero-order chi connectivity index (χ0) is 18.9. The van der Waals surface area contributed by atoms with E-state index in [2.05, 4.69) is 27.4 Å². The quantitative estimate of drug-likeness (QED) is 0.302. The van der Waals surface area contributed by atoms with Gasteiger partial charge in [0.1, 0.15) is 0 Å². The van der Waals surface area contributed by atoms with Gasteiger partial charge in [0.2, 0.25) is 5.95 Å². The zero-order valence-electron chi connectivity index (χ0n) is 15.9. The average molecular weight is 366 g/mol. The fourth-order valence-corrected chi connectivity index (χ4v) is 2.77. The molecule has 3 aromatic rings. The Bertz CT molecular complexity index is 856. The Morgan fingerprint density at radius 3 is 2.81 bits per heavy atom. The van der Waals surface area contributed by atoms with Crippen molar-refractivity contribution in [3.63, 3.8) is 0 Å². The number of H-pyrrole nitrogens is 1. The van der Waals surface area contributed by atoms with Crippen LogP contribution in [0.4, 0.5) is 5.95 Å². The number of para-hydroxylation sites is 2. The van der Waals surface area contributed by atoms with Gasteiger partial charge in [-0.1, -0.05) is 38.3 Å². The topological polar surface area (TPSA) is 71.5 Å². The first kappa shape index (κ1) is 18.8. The van der Waals surface area contributed by atoms with E-state index in [0.29, 0.717) is 18.3 Å². The van der Waals surface area contributed by atoms with E-state index in [-0.39, 0.29) is 0 Å². The van der Waals surface area contributed by atoms with Gasteiger partial charge < -0.3 is 14.5 Å². The van der Waals surface area contributed by atoms with Gasteiger partial charge in [0, 0.05) is 0 Å². The number of rotatable bonds is 10. The molecule has 6 heteroatoms. The number of nitrogens with zero attached hydrogens (tertiary/aromatic N) is 2. The minimum Gasteiger partial charge on any atom is -0.493 e. The van der Waals surface area contributed by atoms with Gasteiger partial charge in [-0.25, -0.2) is 10.4 Å². The van der Waals surface area contributed by atoms with Crippen molar-refractivity contribution >= 4 is 23.2 Å². The number of benzene rings is 2. The Balaban J connectivity index is 1.58. The maximum atomic E-state index is 5.84. The molecule has 142 valence electrons. The van der Waals surface area contributed by atoms with Crippen molar-refractivity contribution in [2.24, 2.45) is 5.10 Å². The number of nitrogens with one attached hydrogen (secondary N) is 2. The second-order valence-corrected chi connectivity index (χ2v) is 6.29. The summed E-state index contributed by atoms with van der Waals surface area (Å²) in [6, 6.07) is 13.6. The van der Waals surface area contributed by atoms with Crippen molar-refractivity contribution in [1.82, 2.24) is 9.97 Å². The summed E-state index contributed by atoms with van der Waals surface area (Å²) in [4.78, 5) is 7.59. The monoisotopic (exact) mass is 366 g/mol. The molecule has 0 aliphatic heterocycles. The van der Waals surface area contributed by atoms with Crippen LogP contribution in [-0.4, -0.2) is 29.9 Å². The summed E-state index contributed by atoms with van der Waals surface area (Å²) in [6.07, 6.45) is 6.44. The molecular weight excluding hydrogens is 340 g/mol. The van der Waals surface area contributed by atoms with Gasteiger partial charge in [-0.15, -0.1) is 0 Å². The van der Waals surface area contributed by atoms with Crippen LogP contribution >= 0.6 is 0 Å². The third-order valence-electron chi connectivity index (χ3n) is 4.22. The second-order valence-electron chi connectivity index (χ2n) is 6.29. The van der Waals surface area contributed by atoms with Crippen LogP contribution in [0.25, 0.3) is 11.0 Å². The van der Waals surface area contributed by atoms with Crippen molar-refractivity contribution in [3.05, 3.63) is 48.0 Å². The molecule has 0 saturated heterocycles. The lowest BCUT2D eigenvalue weighted by Gasteiger charge is -2.11. The molecule has 0 aliphatic carbocycles. The highest BCUT2D eigenvalue weighted by molar-refractivity contribution is 5.82. The Labute approximate surface area is 159 Å². The van der Waals surface area contributed by atoms with Crippen LogP contribution in [0, 0.1) is 0 Å². The number of aromatic nitrogens is 2. The van der Waals surface area contributed by atoms with Crippen molar-refractivity contribution in [2.75, 3.05) is 19.1 Å². The molecule has 0 atom stereocenters. The second kappa shape index (κ2) is 9.62. The number of unbranched alkanes of at least 4 members (excludes halogenated alkanes) is 3. The maximum Gasteiger partial charge on any atom is 0.222 e. The van der Waals surface area contributed by atoms with Gasteiger partial charge >= 0.3 is 0 Å². The van der Waals surface area contributed by atoms with Crippen LogP contribution in [0.2, 0.25) is 0 Å². The minimum absolute atomic E-state index is 0.603. The van der Waals surface area contributed by atoms with E-state index in [1.807, 2.05) is 42.5 Å². The first-order valence-corrected chi connectivity index (χ1v) is 9.35. The standard InChI is InChI=1S/C21H26N4O2/c1-3-4-5-8-13-27-19-12-11-16(14-20(19)26-2)15-22-25-21-23-17-9-6-7-10-18(17)24-21/h6-7,9-12,14-15H,3-5,8,13H2,1-2H3,(H2,23,24,25)/b22-15-. The number of fused-ring (bicyclic) bond motifs is 1. The highest BCUT2D eigenvalue weighted by Gasteiger charge is 2.05. The molecule has 0 bridgehead atoms. The van der Waals surface area contributed by atoms with Crippen molar-refractivity contribution < 1.29 is 9.47 Å². The number of methoxy groups -OCH3 is 1. The number of imidazole rings is 1. The van der Waals surface area contributed by atoms with Crippen LogP contribution in [0.1, 0.15) is 38.2 Å². The summed E-state index contributed by atoms with van der Waals surface area (Å²) >= 11 is 0. The predicted molar refractivity (Wildman–Crippen MR) is 110 cm³/mol. The van der Waals surface area contributed by atoms with E-state index in [1.165, 1.54) is 19.3 Å². The zero-order valence-corrected chi connectivity index (χ0v) is 15.9. The number of aromatic amines is 1. The SMILES string of the molecule is CCCCCCOc1ccc(/C=N\Nc2nc3ccccc3[nH]2)cc1OC. The number of anilines is 1. The highest BCUT2D eigenvalue weighted by Crippen LogP contribution is 2.27. The molecule has 2 aromatic carbocycles. The predicted octanol–water partition coefficient (Wildman–Crippen LogP) is 4.98. The third-order valence-corrected chi connectivity index (χ3v) is 4.22. The lowest BCUT2D eigenvalue weighted by Crippen LogP contribution is -2.00. The molecule has 6 nitrogen and oxygen atoms in total. The van der Waals surface area contributed by atoms with Crippen molar-refractivity contribution in [2.45, 2.75) is 32.6 Å². The molecular formula is C21H26N4O2. The molecule has 3 rings (SSSR count). The van der Waals surface area contributed by atoms with Crippen LogP contribution in [0.5, 0.6) is 11.5 Å². The van der Waals surface area contributed by atoms with E-state index < -0.39 is 0 Å².